The molecule has 5 heteroatoms. The Morgan fingerprint density at radius 1 is 1.35 bits per heavy atom. The van der Waals surface area contributed by atoms with E-state index in [-0.39, 0.29) is 5.91 Å². The molecule has 0 spiro atoms. The zero-order valence-electron chi connectivity index (χ0n) is 9.14. The fourth-order valence-corrected chi connectivity index (χ4v) is 1.72. The predicted octanol–water partition coefficient (Wildman–Crippen LogP) is 2.80. The minimum atomic E-state index is -0.242. The molecule has 86 valence electrons. The topological polar surface area (TPSA) is 54.9 Å². The van der Waals surface area contributed by atoms with Gasteiger partial charge >= 0.3 is 0 Å². The summed E-state index contributed by atoms with van der Waals surface area (Å²) in [6.07, 6.45) is 2.89. The minimum Gasteiger partial charge on any atom is -0.320 e. The van der Waals surface area contributed by atoms with Crippen LogP contribution in [0.25, 0.3) is 0 Å². The fraction of sp³-hybridized carbons (Fsp3) is 0.0833. The normalized spacial score (nSPS) is 10.0. The Kier molecular flexibility index (Phi) is 3.49. The van der Waals surface area contributed by atoms with Gasteiger partial charge in [0.15, 0.2) is 0 Å². The van der Waals surface area contributed by atoms with Crippen LogP contribution in [0.5, 0.6) is 0 Å². The zero-order chi connectivity index (χ0) is 12.3. The lowest BCUT2D eigenvalue weighted by Crippen LogP contribution is -2.14. The van der Waals surface area contributed by atoms with E-state index in [9.17, 15) is 4.79 Å². The first-order valence-corrected chi connectivity index (χ1v) is 5.80. The smallest absolute Gasteiger partial charge is 0.274 e. The number of carbonyl (C=O) groups excluding carboxylic acids is 1. The number of rotatable bonds is 2. The van der Waals surface area contributed by atoms with Crippen molar-refractivity contribution in [3.8, 4) is 0 Å². The second kappa shape index (κ2) is 5.05. The van der Waals surface area contributed by atoms with Crippen LogP contribution in [-0.4, -0.2) is 15.9 Å². The van der Waals surface area contributed by atoms with E-state index in [1.807, 2.05) is 25.1 Å². The second-order valence-electron chi connectivity index (χ2n) is 3.46. The molecule has 0 atom stereocenters. The van der Waals surface area contributed by atoms with Gasteiger partial charge in [-0.2, -0.15) is 0 Å². The minimum absolute atomic E-state index is 0.242. The van der Waals surface area contributed by atoms with Crippen LogP contribution >= 0.6 is 15.9 Å². The van der Waals surface area contributed by atoms with Crippen molar-refractivity contribution in [2.45, 2.75) is 6.92 Å². The molecule has 1 N–H and O–H groups in total. The maximum absolute atomic E-state index is 11.9. The predicted molar refractivity (Wildman–Crippen MR) is 68.9 cm³/mol. The number of nitrogens with zero attached hydrogens (tertiary/aromatic N) is 2. The van der Waals surface area contributed by atoms with Gasteiger partial charge in [0, 0.05) is 16.4 Å². The van der Waals surface area contributed by atoms with E-state index in [0.29, 0.717) is 5.69 Å². The van der Waals surface area contributed by atoms with Gasteiger partial charge in [0.25, 0.3) is 5.91 Å². The van der Waals surface area contributed by atoms with E-state index in [1.54, 1.807) is 6.07 Å². The number of halogens is 1. The van der Waals surface area contributed by atoms with E-state index >= 15 is 0 Å². The monoisotopic (exact) mass is 291 g/mol. The molecule has 0 unspecified atom stereocenters. The molecule has 0 aliphatic rings. The van der Waals surface area contributed by atoms with Crippen molar-refractivity contribution in [2.75, 3.05) is 5.32 Å². The molecule has 0 saturated carbocycles. The highest BCUT2D eigenvalue weighted by atomic mass is 79.9. The van der Waals surface area contributed by atoms with Crippen molar-refractivity contribution < 1.29 is 4.79 Å². The van der Waals surface area contributed by atoms with Crippen molar-refractivity contribution >= 4 is 27.5 Å². The van der Waals surface area contributed by atoms with E-state index in [1.165, 1.54) is 12.5 Å². The van der Waals surface area contributed by atoms with Gasteiger partial charge in [-0.15, -0.1) is 0 Å². The van der Waals surface area contributed by atoms with Crippen LogP contribution in [0.2, 0.25) is 0 Å². The van der Waals surface area contributed by atoms with Gasteiger partial charge in [-0.1, -0.05) is 22.0 Å². The van der Waals surface area contributed by atoms with Crippen molar-refractivity contribution in [2.24, 2.45) is 0 Å². The van der Waals surface area contributed by atoms with E-state index in [0.717, 1.165) is 15.7 Å². The van der Waals surface area contributed by atoms with Crippen molar-refractivity contribution in [3.63, 3.8) is 0 Å². The number of anilines is 1. The number of hydrogen-bond acceptors (Lipinski definition) is 3. The quantitative estimate of drug-likeness (QED) is 0.926. The standard InChI is InChI=1S/C12H10BrN3O/c1-8-9(13)3-2-4-10(8)16-12(17)11-5-6-14-7-15-11/h2-7H,1H3,(H,16,17). The van der Waals surface area contributed by atoms with Gasteiger partial charge in [-0.25, -0.2) is 9.97 Å². The van der Waals surface area contributed by atoms with Gasteiger partial charge in [0.2, 0.25) is 0 Å². The average Bonchev–Trinajstić information content (AvgIpc) is 2.36. The van der Waals surface area contributed by atoms with Crippen molar-refractivity contribution in [3.05, 3.63) is 52.5 Å². The van der Waals surface area contributed by atoms with Crippen LogP contribution in [0.4, 0.5) is 5.69 Å². The molecule has 2 aromatic rings. The maximum atomic E-state index is 11.9. The summed E-state index contributed by atoms with van der Waals surface area (Å²) in [7, 11) is 0. The van der Waals surface area contributed by atoms with Crippen LogP contribution < -0.4 is 5.32 Å². The number of nitrogens with one attached hydrogen (secondary N) is 1. The van der Waals surface area contributed by atoms with Crippen molar-refractivity contribution in [1.29, 1.82) is 0 Å². The summed E-state index contributed by atoms with van der Waals surface area (Å²) in [6.45, 7) is 1.93. The summed E-state index contributed by atoms with van der Waals surface area (Å²) in [4.78, 5) is 19.5. The lowest BCUT2D eigenvalue weighted by molar-refractivity contribution is 0.102. The molecule has 0 aliphatic heterocycles. The first kappa shape index (κ1) is 11.7. The molecule has 4 nitrogen and oxygen atoms in total. The number of amides is 1. The molecule has 1 amide bonds. The average molecular weight is 292 g/mol. The molecule has 1 aromatic carbocycles. The third-order valence-electron chi connectivity index (χ3n) is 2.33. The lowest BCUT2D eigenvalue weighted by atomic mass is 10.2. The Morgan fingerprint density at radius 2 is 2.18 bits per heavy atom. The second-order valence-corrected chi connectivity index (χ2v) is 4.32. The highest BCUT2D eigenvalue weighted by molar-refractivity contribution is 9.10. The number of benzene rings is 1. The van der Waals surface area contributed by atoms with Crippen LogP contribution in [-0.2, 0) is 0 Å². The van der Waals surface area contributed by atoms with Crippen LogP contribution in [0.15, 0.2) is 41.3 Å². The Hall–Kier alpha value is -1.75. The lowest BCUT2D eigenvalue weighted by Gasteiger charge is -2.08. The summed E-state index contributed by atoms with van der Waals surface area (Å²) in [5.74, 6) is -0.242. The third-order valence-corrected chi connectivity index (χ3v) is 3.19. The van der Waals surface area contributed by atoms with Gasteiger partial charge < -0.3 is 5.32 Å². The molecule has 0 bridgehead atoms. The van der Waals surface area contributed by atoms with Gasteiger partial charge in [0.1, 0.15) is 12.0 Å². The van der Waals surface area contributed by atoms with Crippen LogP contribution in [0, 0.1) is 6.92 Å². The molecular formula is C12H10BrN3O. The molecular weight excluding hydrogens is 282 g/mol. The Labute approximate surface area is 107 Å². The van der Waals surface area contributed by atoms with Crippen LogP contribution in [0.1, 0.15) is 16.1 Å². The van der Waals surface area contributed by atoms with Gasteiger partial charge in [-0.3, -0.25) is 4.79 Å². The summed E-state index contributed by atoms with van der Waals surface area (Å²) < 4.78 is 0.956. The molecule has 0 aliphatic carbocycles. The first-order valence-electron chi connectivity index (χ1n) is 5.01. The summed E-state index contributed by atoms with van der Waals surface area (Å²) in [5.41, 5.74) is 2.09. The molecule has 2 rings (SSSR count). The summed E-state index contributed by atoms with van der Waals surface area (Å²) in [5, 5.41) is 2.81. The van der Waals surface area contributed by atoms with E-state index in [2.05, 4.69) is 31.2 Å². The molecule has 0 fully saturated rings. The number of carbonyl (C=O) groups is 1. The molecule has 0 radical (unpaired) electrons. The molecule has 1 heterocycles. The Balaban J connectivity index is 2.22. The van der Waals surface area contributed by atoms with E-state index in [4.69, 9.17) is 0 Å². The largest absolute Gasteiger partial charge is 0.320 e. The maximum Gasteiger partial charge on any atom is 0.274 e. The highest BCUT2D eigenvalue weighted by Gasteiger charge is 2.09. The number of aromatic nitrogens is 2. The van der Waals surface area contributed by atoms with Gasteiger partial charge in [-0.05, 0) is 30.7 Å². The van der Waals surface area contributed by atoms with E-state index < -0.39 is 0 Å². The van der Waals surface area contributed by atoms with Crippen LogP contribution in [0.3, 0.4) is 0 Å². The van der Waals surface area contributed by atoms with Gasteiger partial charge in [0.05, 0.1) is 0 Å². The summed E-state index contributed by atoms with van der Waals surface area (Å²) >= 11 is 3.42. The SMILES string of the molecule is Cc1c(Br)cccc1NC(=O)c1ccncn1. The third kappa shape index (κ3) is 2.68. The first-order chi connectivity index (χ1) is 8.18. The number of hydrogen-bond donors (Lipinski definition) is 1. The molecule has 1 aromatic heterocycles. The highest BCUT2D eigenvalue weighted by Crippen LogP contribution is 2.23. The van der Waals surface area contributed by atoms with Crippen molar-refractivity contribution in [1.82, 2.24) is 9.97 Å². The Morgan fingerprint density at radius 3 is 2.88 bits per heavy atom. The molecule has 17 heavy (non-hydrogen) atoms. The summed E-state index contributed by atoms with van der Waals surface area (Å²) in [6, 6.07) is 7.21. The fourth-order valence-electron chi connectivity index (χ4n) is 1.35. The zero-order valence-corrected chi connectivity index (χ0v) is 10.7. The molecule has 0 saturated heterocycles. The Bertz CT molecular complexity index is 543.